The maximum atomic E-state index is 12.4. The zero-order valence-corrected chi connectivity index (χ0v) is 18.1. The largest absolute Gasteiger partial charge is 0.381 e. The Labute approximate surface area is 180 Å². The van der Waals surface area contributed by atoms with Crippen molar-refractivity contribution >= 4 is 48.9 Å². The molecule has 3 N–H and O–H groups in total. The molecule has 6 nitrogen and oxygen atoms in total. The standard InChI is InChI=1S/C18H28N4O2.3ClH/c1-13-2-3-16(20-12-13)22-8-4-15(5-9-22)21-18(23)17(19)14-6-10-24-11-7-14;;;/h2-3,12,14-15,17H,4-11,19H2,1H3,(H,21,23);3*1H. The summed E-state index contributed by atoms with van der Waals surface area (Å²) in [5.41, 5.74) is 7.32. The molecule has 1 aromatic rings. The summed E-state index contributed by atoms with van der Waals surface area (Å²) in [6.45, 7) is 5.29. The van der Waals surface area contributed by atoms with Gasteiger partial charge in [0.2, 0.25) is 5.91 Å². The Morgan fingerprint density at radius 3 is 2.37 bits per heavy atom. The molecule has 2 aliphatic rings. The van der Waals surface area contributed by atoms with Crippen LogP contribution in [0.25, 0.3) is 0 Å². The van der Waals surface area contributed by atoms with E-state index in [1.165, 1.54) is 5.56 Å². The third-order valence-corrected chi connectivity index (χ3v) is 5.14. The van der Waals surface area contributed by atoms with Gasteiger partial charge >= 0.3 is 0 Å². The molecule has 1 atom stereocenters. The average molecular weight is 442 g/mol. The lowest BCUT2D eigenvalue weighted by Crippen LogP contribution is -2.52. The number of aromatic nitrogens is 1. The normalized spacial score (nSPS) is 19.1. The fraction of sp³-hybridized carbons (Fsp3) is 0.667. The molecule has 0 spiro atoms. The molecule has 0 saturated carbocycles. The SMILES string of the molecule is Cc1ccc(N2CCC(NC(=O)C(N)C3CCOCC3)CC2)nc1.Cl.Cl.Cl. The monoisotopic (exact) mass is 440 g/mol. The van der Waals surface area contributed by atoms with Gasteiger partial charge in [0.15, 0.2) is 0 Å². The lowest BCUT2D eigenvalue weighted by atomic mass is 9.91. The number of hydrogen-bond donors (Lipinski definition) is 2. The molecule has 2 saturated heterocycles. The van der Waals surface area contributed by atoms with E-state index in [0.29, 0.717) is 13.2 Å². The van der Waals surface area contributed by atoms with Crippen LogP contribution in [0.2, 0.25) is 0 Å². The van der Waals surface area contributed by atoms with Gasteiger partial charge in [0, 0.05) is 38.5 Å². The summed E-state index contributed by atoms with van der Waals surface area (Å²) >= 11 is 0. The van der Waals surface area contributed by atoms with Gasteiger partial charge < -0.3 is 20.7 Å². The average Bonchev–Trinajstić information content (AvgIpc) is 2.63. The Kier molecular flexibility index (Phi) is 12.3. The van der Waals surface area contributed by atoms with Crippen molar-refractivity contribution in [1.29, 1.82) is 0 Å². The second-order valence-corrected chi connectivity index (χ2v) is 6.94. The van der Waals surface area contributed by atoms with Gasteiger partial charge in [-0.3, -0.25) is 4.79 Å². The number of aryl methyl sites for hydroxylation is 1. The lowest BCUT2D eigenvalue weighted by molar-refractivity contribution is -0.125. The van der Waals surface area contributed by atoms with Crippen LogP contribution >= 0.6 is 37.2 Å². The van der Waals surface area contributed by atoms with E-state index in [4.69, 9.17) is 10.5 Å². The first-order valence-corrected chi connectivity index (χ1v) is 8.95. The molecule has 1 amide bonds. The molecule has 1 unspecified atom stereocenters. The highest BCUT2D eigenvalue weighted by Crippen LogP contribution is 2.20. The third kappa shape index (κ3) is 7.27. The Morgan fingerprint density at radius 2 is 1.81 bits per heavy atom. The molecule has 0 aromatic carbocycles. The smallest absolute Gasteiger partial charge is 0.237 e. The second kappa shape index (κ2) is 12.6. The molecule has 9 heteroatoms. The van der Waals surface area contributed by atoms with Crippen molar-refractivity contribution in [1.82, 2.24) is 10.3 Å². The number of anilines is 1. The third-order valence-electron chi connectivity index (χ3n) is 5.14. The fourth-order valence-electron chi connectivity index (χ4n) is 3.49. The summed E-state index contributed by atoms with van der Waals surface area (Å²) in [5, 5.41) is 3.15. The first-order valence-electron chi connectivity index (χ1n) is 8.95. The van der Waals surface area contributed by atoms with Gasteiger partial charge in [-0.2, -0.15) is 0 Å². The summed E-state index contributed by atoms with van der Waals surface area (Å²) < 4.78 is 5.34. The maximum Gasteiger partial charge on any atom is 0.237 e. The lowest BCUT2D eigenvalue weighted by Gasteiger charge is -2.34. The van der Waals surface area contributed by atoms with Crippen molar-refractivity contribution in [3.8, 4) is 0 Å². The quantitative estimate of drug-likeness (QED) is 0.750. The molecular weight excluding hydrogens is 411 g/mol. The van der Waals surface area contributed by atoms with Crippen LogP contribution in [0, 0.1) is 12.8 Å². The van der Waals surface area contributed by atoms with E-state index >= 15 is 0 Å². The number of carbonyl (C=O) groups excluding carboxylic acids is 1. The first-order chi connectivity index (χ1) is 11.6. The van der Waals surface area contributed by atoms with Crippen LogP contribution in [0.15, 0.2) is 18.3 Å². The summed E-state index contributed by atoms with van der Waals surface area (Å²) in [5.74, 6) is 1.26. The Hall–Kier alpha value is -0.790. The van der Waals surface area contributed by atoms with Crippen LogP contribution in [0.1, 0.15) is 31.2 Å². The van der Waals surface area contributed by atoms with Crippen molar-refractivity contribution < 1.29 is 9.53 Å². The van der Waals surface area contributed by atoms with Gasteiger partial charge in [0.25, 0.3) is 0 Å². The van der Waals surface area contributed by atoms with E-state index in [1.54, 1.807) is 0 Å². The van der Waals surface area contributed by atoms with Crippen molar-refractivity contribution in [3.63, 3.8) is 0 Å². The minimum absolute atomic E-state index is 0. The van der Waals surface area contributed by atoms with Gasteiger partial charge in [-0.1, -0.05) is 6.07 Å². The predicted molar refractivity (Wildman–Crippen MR) is 116 cm³/mol. The number of piperidine rings is 1. The maximum absolute atomic E-state index is 12.4. The van der Waals surface area contributed by atoms with Gasteiger partial charge in [-0.15, -0.1) is 37.2 Å². The van der Waals surface area contributed by atoms with E-state index < -0.39 is 6.04 Å². The van der Waals surface area contributed by atoms with Gasteiger partial charge in [0.1, 0.15) is 5.82 Å². The number of nitrogens with two attached hydrogens (primary N) is 1. The summed E-state index contributed by atoms with van der Waals surface area (Å²) in [4.78, 5) is 19.2. The number of carbonyl (C=O) groups is 1. The first kappa shape index (κ1) is 26.2. The zero-order valence-electron chi connectivity index (χ0n) is 15.6. The zero-order chi connectivity index (χ0) is 16.9. The number of rotatable bonds is 4. The number of ether oxygens (including phenoxy) is 1. The fourth-order valence-corrected chi connectivity index (χ4v) is 3.49. The van der Waals surface area contributed by atoms with E-state index in [0.717, 1.165) is 44.6 Å². The van der Waals surface area contributed by atoms with Crippen molar-refractivity contribution in [2.45, 2.75) is 44.7 Å². The van der Waals surface area contributed by atoms with E-state index in [2.05, 4.69) is 27.3 Å². The summed E-state index contributed by atoms with van der Waals surface area (Å²) in [7, 11) is 0. The Bertz CT molecular complexity index is 548. The highest BCUT2D eigenvalue weighted by atomic mass is 35.5. The number of pyridine rings is 1. The van der Waals surface area contributed by atoms with E-state index in [9.17, 15) is 4.79 Å². The molecular formula is C18H31Cl3N4O2. The molecule has 156 valence electrons. The van der Waals surface area contributed by atoms with Crippen molar-refractivity contribution in [2.75, 3.05) is 31.2 Å². The van der Waals surface area contributed by atoms with Crippen LogP contribution in [0.3, 0.4) is 0 Å². The van der Waals surface area contributed by atoms with Crippen LogP contribution in [0.5, 0.6) is 0 Å². The highest BCUT2D eigenvalue weighted by Gasteiger charge is 2.29. The molecule has 0 aliphatic carbocycles. The van der Waals surface area contributed by atoms with Gasteiger partial charge in [-0.25, -0.2) is 4.98 Å². The van der Waals surface area contributed by atoms with Gasteiger partial charge in [-0.05, 0) is 50.2 Å². The number of amides is 1. The summed E-state index contributed by atoms with van der Waals surface area (Å²) in [6.07, 6.45) is 5.53. The second-order valence-electron chi connectivity index (χ2n) is 6.94. The summed E-state index contributed by atoms with van der Waals surface area (Å²) in [6, 6.07) is 3.95. The van der Waals surface area contributed by atoms with Gasteiger partial charge in [0.05, 0.1) is 6.04 Å². The van der Waals surface area contributed by atoms with Crippen molar-refractivity contribution in [2.24, 2.45) is 11.7 Å². The van der Waals surface area contributed by atoms with Crippen molar-refractivity contribution in [3.05, 3.63) is 23.9 Å². The van der Waals surface area contributed by atoms with Crippen LogP contribution < -0.4 is 16.0 Å². The van der Waals surface area contributed by atoms with Crippen LogP contribution in [-0.2, 0) is 9.53 Å². The molecule has 1 aromatic heterocycles. The number of nitrogens with one attached hydrogen (secondary N) is 1. The molecule has 3 heterocycles. The minimum atomic E-state index is -0.411. The number of halogens is 3. The topological polar surface area (TPSA) is 80.5 Å². The molecule has 2 aliphatic heterocycles. The highest BCUT2D eigenvalue weighted by molar-refractivity contribution is 5.86. The van der Waals surface area contributed by atoms with Crippen LogP contribution in [-0.4, -0.2) is 49.3 Å². The number of nitrogens with zero attached hydrogens (tertiary/aromatic N) is 2. The minimum Gasteiger partial charge on any atom is -0.381 e. The van der Waals surface area contributed by atoms with Crippen LogP contribution in [0.4, 0.5) is 5.82 Å². The Balaban J connectivity index is 0.00000225. The molecule has 0 bridgehead atoms. The van der Waals surface area contributed by atoms with E-state index in [1.807, 2.05) is 13.1 Å². The molecule has 0 radical (unpaired) electrons. The molecule has 3 rings (SSSR count). The molecule has 27 heavy (non-hydrogen) atoms. The van der Waals surface area contributed by atoms with E-state index in [-0.39, 0.29) is 55.1 Å². The predicted octanol–water partition coefficient (Wildman–Crippen LogP) is 2.49. The Morgan fingerprint density at radius 1 is 1.19 bits per heavy atom. The number of hydrogen-bond acceptors (Lipinski definition) is 5. The molecule has 2 fully saturated rings.